The predicted molar refractivity (Wildman–Crippen MR) is 96.1 cm³/mol. The summed E-state index contributed by atoms with van der Waals surface area (Å²) in [4.78, 5) is 45.4. The lowest BCUT2D eigenvalue weighted by Crippen LogP contribution is -2.63. The molecule has 1 N–H and O–H groups in total. The van der Waals surface area contributed by atoms with E-state index < -0.39 is 65.8 Å². The molecule has 2 rings (SSSR count). The van der Waals surface area contributed by atoms with Crippen LogP contribution in [0.25, 0.3) is 0 Å². The first-order chi connectivity index (χ1) is 14.1. The van der Waals surface area contributed by atoms with E-state index in [9.17, 15) is 29.6 Å². The number of nitrogens with zero attached hydrogens (tertiary/aromatic N) is 1. The molecule has 1 saturated heterocycles. The lowest BCUT2D eigenvalue weighted by molar-refractivity contribution is -0.387. The molecule has 1 fully saturated rings. The molecule has 0 bridgehead atoms. The molecule has 1 aromatic rings. The van der Waals surface area contributed by atoms with E-state index in [2.05, 4.69) is 0 Å². The first-order valence-electron chi connectivity index (χ1n) is 8.82. The molecule has 164 valence electrons. The van der Waals surface area contributed by atoms with Gasteiger partial charge in [0.25, 0.3) is 0 Å². The van der Waals surface area contributed by atoms with Crippen LogP contribution in [0.5, 0.6) is 5.75 Å². The van der Waals surface area contributed by atoms with Gasteiger partial charge in [0.1, 0.15) is 6.10 Å². The smallest absolute Gasteiger partial charge is 0.311 e. The van der Waals surface area contributed by atoms with Gasteiger partial charge in [-0.25, -0.2) is 0 Å². The fourth-order valence-electron chi connectivity index (χ4n) is 2.93. The Morgan fingerprint density at radius 1 is 1.00 bits per heavy atom. The first kappa shape index (κ1) is 23.0. The van der Waals surface area contributed by atoms with Crippen LogP contribution in [0.3, 0.4) is 0 Å². The van der Waals surface area contributed by atoms with Gasteiger partial charge in [0.2, 0.25) is 12.4 Å². The molecule has 0 amide bonds. The molecule has 12 nitrogen and oxygen atoms in total. The van der Waals surface area contributed by atoms with Crippen LogP contribution >= 0.6 is 0 Å². The van der Waals surface area contributed by atoms with Crippen LogP contribution in [-0.4, -0.2) is 65.3 Å². The van der Waals surface area contributed by atoms with Crippen LogP contribution in [0.4, 0.5) is 5.69 Å². The van der Waals surface area contributed by atoms with E-state index in [1.54, 1.807) is 0 Å². The molecule has 5 atom stereocenters. The second kappa shape index (κ2) is 9.98. The molecule has 1 aliphatic rings. The Bertz CT molecular complexity index is 811. The topological polar surface area (TPSA) is 161 Å². The van der Waals surface area contributed by atoms with Crippen LogP contribution in [0.2, 0.25) is 0 Å². The van der Waals surface area contributed by atoms with E-state index >= 15 is 0 Å². The van der Waals surface area contributed by atoms with Gasteiger partial charge in [-0.3, -0.25) is 24.5 Å². The molecular formula is C18H21NO11. The number of carbonyl (C=O) groups is 3. The summed E-state index contributed by atoms with van der Waals surface area (Å²) in [6, 6.07) is 5.37. The summed E-state index contributed by atoms with van der Waals surface area (Å²) < 4.78 is 26.7. The van der Waals surface area contributed by atoms with Gasteiger partial charge in [0.05, 0.1) is 11.5 Å². The number of aliphatic hydroxyl groups excluding tert-OH is 1. The monoisotopic (exact) mass is 427 g/mol. The van der Waals surface area contributed by atoms with Crippen molar-refractivity contribution in [2.24, 2.45) is 0 Å². The molecule has 1 aliphatic heterocycles. The Balaban J connectivity index is 2.47. The standard InChI is InChI=1S/C18H21NO11/c1-9(21)26-15-14(8-20)30-18(17(28-11(3)23)16(15)27-10(2)22)29-13-7-5-4-6-12(13)19(24)25/h4-7,14-18,20H,8H2,1-3H3/t14-,15+,16+,17-,18-/m1/s1. The van der Waals surface area contributed by atoms with Gasteiger partial charge in [-0.05, 0) is 6.07 Å². The fraction of sp³-hybridized carbons (Fsp3) is 0.500. The van der Waals surface area contributed by atoms with Crippen molar-refractivity contribution in [1.82, 2.24) is 0 Å². The SMILES string of the molecule is CC(=O)O[C@H]1[C@@H](OC(C)=O)[C@@H](CO)O[C@@H](Oc2ccccc2[N+](=O)[O-])[C@@H]1OC(C)=O. The van der Waals surface area contributed by atoms with Crippen molar-refractivity contribution in [2.75, 3.05) is 6.61 Å². The molecule has 1 aromatic carbocycles. The quantitative estimate of drug-likeness (QED) is 0.279. The summed E-state index contributed by atoms with van der Waals surface area (Å²) in [7, 11) is 0. The van der Waals surface area contributed by atoms with E-state index in [1.807, 2.05) is 0 Å². The summed E-state index contributed by atoms with van der Waals surface area (Å²) in [6.45, 7) is 2.57. The van der Waals surface area contributed by atoms with Gasteiger partial charge in [-0.1, -0.05) is 12.1 Å². The number of rotatable bonds is 7. The zero-order valence-corrected chi connectivity index (χ0v) is 16.4. The van der Waals surface area contributed by atoms with E-state index in [0.29, 0.717) is 0 Å². The van der Waals surface area contributed by atoms with Crippen LogP contribution in [0.15, 0.2) is 24.3 Å². The summed E-state index contributed by atoms with van der Waals surface area (Å²) in [5, 5.41) is 21.0. The number of carbonyl (C=O) groups excluding carboxylic acids is 3. The zero-order chi connectivity index (χ0) is 22.4. The highest BCUT2D eigenvalue weighted by molar-refractivity contribution is 5.68. The van der Waals surface area contributed by atoms with E-state index in [1.165, 1.54) is 24.3 Å². The normalized spacial score (nSPS) is 25.7. The number of esters is 3. The van der Waals surface area contributed by atoms with Gasteiger partial charge >= 0.3 is 23.6 Å². The number of aliphatic hydroxyl groups is 1. The maximum atomic E-state index is 11.7. The zero-order valence-electron chi connectivity index (χ0n) is 16.4. The summed E-state index contributed by atoms with van der Waals surface area (Å²) in [6.07, 6.45) is -6.96. The van der Waals surface area contributed by atoms with Crippen molar-refractivity contribution < 1.29 is 48.1 Å². The van der Waals surface area contributed by atoms with Crippen LogP contribution in [0, 0.1) is 10.1 Å². The molecule has 0 radical (unpaired) electrons. The average molecular weight is 427 g/mol. The van der Waals surface area contributed by atoms with Crippen molar-refractivity contribution >= 4 is 23.6 Å². The number of nitro groups is 1. The van der Waals surface area contributed by atoms with Crippen LogP contribution in [0.1, 0.15) is 20.8 Å². The summed E-state index contributed by atoms with van der Waals surface area (Å²) >= 11 is 0. The lowest BCUT2D eigenvalue weighted by Gasteiger charge is -2.43. The number of hydrogen-bond donors (Lipinski definition) is 1. The fourth-order valence-corrected chi connectivity index (χ4v) is 2.93. The van der Waals surface area contributed by atoms with Crippen LogP contribution in [-0.2, 0) is 33.3 Å². The van der Waals surface area contributed by atoms with E-state index in [-0.39, 0.29) is 5.75 Å². The van der Waals surface area contributed by atoms with Gasteiger partial charge in [0.15, 0.2) is 18.0 Å². The summed E-state index contributed by atoms with van der Waals surface area (Å²) in [5.74, 6) is -2.58. The summed E-state index contributed by atoms with van der Waals surface area (Å²) in [5.41, 5.74) is -0.394. The highest BCUT2D eigenvalue weighted by Crippen LogP contribution is 2.33. The van der Waals surface area contributed by atoms with Crippen molar-refractivity contribution in [3.05, 3.63) is 34.4 Å². The Kier molecular flexibility index (Phi) is 7.66. The number of ether oxygens (including phenoxy) is 5. The van der Waals surface area contributed by atoms with Gasteiger partial charge < -0.3 is 28.8 Å². The van der Waals surface area contributed by atoms with Crippen molar-refractivity contribution in [1.29, 1.82) is 0 Å². The Morgan fingerprint density at radius 3 is 2.07 bits per heavy atom. The highest BCUT2D eigenvalue weighted by atomic mass is 16.7. The third kappa shape index (κ3) is 5.64. The largest absolute Gasteiger partial charge is 0.456 e. The molecule has 12 heteroatoms. The molecule has 1 heterocycles. The molecule has 30 heavy (non-hydrogen) atoms. The van der Waals surface area contributed by atoms with Gasteiger partial charge in [-0.2, -0.15) is 0 Å². The molecule has 0 spiro atoms. The predicted octanol–water partition coefficient (Wildman–Crippen LogP) is 0.486. The average Bonchev–Trinajstić information content (AvgIpc) is 2.65. The Morgan fingerprint density at radius 2 is 1.53 bits per heavy atom. The molecular weight excluding hydrogens is 406 g/mol. The molecule has 0 aromatic heterocycles. The minimum atomic E-state index is -1.52. The van der Waals surface area contributed by atoms with Crippen LogP contribution < -0.4 is 4.74 Å². The third-order valence-corrected chi connectivity index (χ3v) is 3.98. The number of para-hydroxylation sites is 2. The molecule has 0 aliphatic carbocycles. The van der Waals surface area contributed by atoms with Crippen molar-refractivity contribution in [3.8, 4) is 5.75 Å². The van der Waals surface area contributed by atoms with Crippen molar-refractivity contribution in [2.45, 2.75) is 51.5 Å². The van der Waals surface area contributed by atoms with E-state index in [4.69, 9.17) is 23.7 Å². The second-order valence-corrected chi connectivity index (χ2v) is 6.29. The maximum Gasteiger partial charge on any atom is 0.311 e. The Hall–Kier alpha value is -3.25. The minimum Gasteiger partial charge on any atom is -0.456 e. The molecule has 0 saturated carbocycles. The molecule has 0 unspecified atom stereocenters. The van der Waals surface area contributed by atoms with E-state index in [0.717, 1.165) is 20.8 Å². The maximum absolute atomic E-state index is 11.7. The lowest BCUT2D eigenvalue weighted by atomic mass is 9.98. The first-order valence-corrected chi connectivity index (χ1v) is 8.82. The van der Waals surface area contributed by atoms with Crippen molar-refractivity contribution in [3.63, 3.8) is 0 Å². The van der Waals surface area contributed by atoms with Gasteiger partial charge in [-0.15, -0.1) is 0 Å². The minimum absolute atomic E-state index is 0.214. The van der Waals surface area contributed by atoms with Gasteiger partial charge in [0, 0.05) is 26.8 Å². The second-order valence-electron chi connectivity index (χ2n) is 6.29. The highest BCUT2D eigenvalue weighted by Gasteiger charge is 2.53. The number of hydrogen-bond acceptors (Lipinski definition) is 11. The number of nitro benzene ring substituents is 1. The number of benzene rings is 1. The third-order valence-electron chi connectivity index (χ3n) is 3.98. The Labute approximate surface area is 170 Å².